The van der Waals surface area contributed by atoms with Gasteiger partial charge >= 0.3 is 0 Å². The van der Waals surface area contributed by atoms with Crippen LogP contribution in [-0.2, 0) is 11.3 Å². The second-order valence-electron chi connectivity index (χ2n) is 6.09. The minimum absolute atomic E-state index is 0. The fraction of sp³-hybridized carbons (Fsp3) is 0.368. The Morgan fingerprint density at radius 1 is 1.00 bits per heavy atom. The summed E-state index contributed by atoms with van der Waals surface area (Å²) < 4.78 is 45.7. The topological polar surface area (TPSA) is 24.5 Å². The summed E-state index contributed by atoms with van der Waals surface area (Å²) in [7, 11) is 0. The Bertz CT molecular complexity index is 711. The molecule has 0 radical (unpaired) electrons. The lowest BCUT2D eigenvalue weighted by Gasteiger charge is -2.35. The van der Waals surface area contributed by atoms with E-state index in [1.165, 1.54) is 24.3 Å². The zero-order chi connectivity index (χ0) is 17.6. The van der Waals surface area contributed by atoms with Crippen molar-refractivity contribution in [2.45, 2.75) is 12.6 Å². The molecule has 0 saturated carbocycles. The Hall–Kier alpha value is -1.60. The van der Waals surface area contributed by atoms with Crippen LogP contribution in [0.15, 0.2) is 42.5 Å². The van der Waals surface area contributed by atoms with Crippen molar-refractivity contribution in [3.8, 4) is 0 Å². The number of hydrogen-bond donors (Lipinski definition) is 1. The quantitative estimate of drug-likeness (QED) is 0.819. The van der Waals surface area contributed by atoms with Crippen molar-refractivity contribution in [3.05, 3.63) is 71.0 Å². The first-order valence-electron chi connectivity index (χ1n) is 8.35. The van der Waals surface area contributed by atoms with E-state index in [0.717, 1.165) is 24.7 Å². The van der Waals surface area contributed by atoms with E-state index in [4.69, 9.17) is 4.74 Å². The van der Waals surface area contributed by atoms with E-state index in [-0.39, 0.29) is 30.8 Å². The third-order valence-electron chi connectivity index (χ3n) is 4.39. The summed E-state index contributed by atoms with van der Waals surface area (Å²) in [6, 6.07) is 10.0. The third-order valence-corrected chi connectivity index (χ3v) is 4.39. The number of morpholine rings is 1. The van der Waals surface area contributed by atoms with Crippen LogP contribution in [0.2, 0.25) is 0 Å². The van der Waals surface area contributed by atoms with Crippen LogP contribution < -0.4 is 5.32 Å². The molecular weight excluding hydrogens is 365 g/mol. The van der Waals surface area contributed by atoms with E-state index < -0.39 is 11.6 Å². The smallest absolute Gasteiger partial charge is 0.130 e. The molecule has 7 heteroatoms. The molecule has 1 fully saturated rings. The van der Waals surface area contributed by atoms with E-state index >= 15 is 0 Å². The van der Waals surface area contributed by atoms with E-state index in [2.05, 4.69) is 10.2 Å². The lowest BCUT2D eigenvalue weighted by molar-refractivity contribution is 0.0160. The van der Waals surface area contributed by atoms with Crippen LogP contribution in [0.25, 0.3) is 0 Å². The second kappa shape index (κ2) is 9.92. The molecular formula is C19H22ClF3N2O. The zero-order valence-electron chi connectivity index (χ0n) is 14.3. The van der Waals surface area contributed by atoms with Crippen LogP contribution in [0.1, 0.15) is 17.2 Å². The van der Waals surface area contributed by atoms with Crippen molar-refractivity contribution >= 4 is 12.4 Å². The predicted molar refractivity (Wildman–Crippen MR) is 96.8 cm³/mol. The summed E-state index contributed by atoms with van der Waals surface area (Å²) in [6.45, 7) is 3.60. The van der Waals surface area contributed by atoms with Gasteiger partial charge in [0.25, 0.3) is 0 Å². The van der Waals surface area contributed by atoms with Crippen molar-refractivity contribution in [3.63, 3.8) is 0 Å². The highest BCUT2D eigenvalue weighted by Gasteiger charge is 2.22. The highest BCUT2D eigenvalue weighted by Crippen LogP contribution is 2.22. The van der Waals surface area contributed by atoms with Crippen LogP contribution in [0.3, 0.4) is 0 Å². The van der Waals surface area contributed by atoms with Gasteiger partial charge in [0.15, 0.2) is 0 Å². The number of ether oxygens (including phenoxy) is 1. The fourth-order valence-corrected chi connectivity index (χ4v) is 3.07. The maximum atomic E-state index is 13.7. The lowest BCUT2D eigenvalue weighted by Crippen LogP contribution is -2.42. The second-order valence-corrected chi connectivity index (χ2v) is 6.09. The molecule has 0 amide bonds. The molecule has 0 aliphatic carbocycles. The molecule has 1 aliphatic rings. The van der Waals surface area contributed by atoms with Gasteiger partial charge in [-0.3, -0.25) is 4.90 Å². The Morgan fingerprint density at radius 3 is 2.42 bits per heavy atom. The molecule has 0 aromatic heterocycles. The summed E-state index contributed by atoms with van der Waals surface area (Å²) in [5.41, 5.74) is 1.27. The van der Waals surface area contributed by atoms with Crippen molar-refractivity contribution in [2.24, 2.45) is 0 Å². The number of halogens is 4. The number of hydrogen-bond acceptors (Lipinski definition) is 3. The number of rotatable bonds is 6. The highest BCUT2D eigenvalue weighted by atomic mass is 35.5. The monoisotopic (exact) mass is 386 g/mol. The number of benzene rings is 2. The first kappa shape index (κ1) is 20.7. The SMILES string of the molecule is Cl.Fc1cccc(C(CNCc2ccc(F)cc2F)N2CCOCC2)c1. The van der Waals surface area contributed by atoms with Crippen LogP contribution in [0.5, 0.6) is 0 Å². The van der Waals surface area contributed by atoms with Crippen LogP contribution in [0, 0.1) is 17.5 Å². The first-order valence-corrected chi connectivity index (χ1v) is 8.35. The van der Waals surface area contributed by atoms with Gasteiger partial charge in [0, 0.05) is 43.9 Å². The van der Waals surface area contributed by atoms with Gasteiger partial charge < -0.3 is 10.1 Å². The van der Waals surface area contributed by atoms with Gasteiger partial charge in [-0.05, 0) is 23.8 Å². The average Bonchev–Trinajstić information content (AvgIpc) is 2.61. The molecule has 26 heavy (non-hydrogen) atoms. The molecule has 3 rings (SSSR count). The van der Waals surface area contributed by atoms with E-state index in [1.807, 2.05) is 6.07 Å². The fourth-order valence-electron chi connectivity index (χ4n) is 3.07. The van der Waals surface area contributed by atoms with E-state index in [1.54, 1.807) is 6.07 Å². The van der Waals surface area contributed by atoms with Crippen LogP contribution in [0.4, 0.5) is 13.2 Å². The predicted octanol–water partition coefficient (Wildman–Crippen LogP) is 3.69. The molecule has 1 unspecified atom stereocenters. The van der Waals surface area contributed by atoms with Crippen LogP contribution >= 0.6 is 12.4 Å². The summed E-state index contributed by atoms with van der Waals surface area (Å²) in [5.74, 6) is -1.44. The van der Waals surface area contributed by atoms with Gasteiger partial charge in [-0.15, -0.1) is 12.4 Å². The zero-order valence-corrected chi connectivity index (χ0v) is 15.1. The molecule has 3 nitrogen and oxygen atoms in total. The van der Waals surface area contributed by atoms with Gasteiger partial charge in [0.05, 0.1) is 13.2 Å². The Morgan fingerprint density at radius 2 is 1.73 bits per heavy atom. The molecule has 142 valence electrons. The number of nitrogens with zero attached hydrogens (tertiary/aromatic N) is 1. The maximum absolute atomic E-state index is 13.7. The molecule has 2 aromatic carbocycles. The number of nitrogens with one attached hydrogen (secondary N) is 1. The lowest BCUT2D eigenvalue weighted by atomic mass is 10.0. The Balaban J connectivity index is 0.00000243. The normalized spacial score (nSPS) is 16.1. The van der Waals surface area contributed by atoms with Gasteiger partial charge in [-0.2, -0.15) is 0 Å². The average molecular weight is 387 g/mol. The maximum Gasteiger partial charge on any atom is 0.130 e. The van der Waals surface area contributed by atoms with Crippen molar-refractivity contribution < 1.29 is 17.9 Å². The molecule has 1 atom stereocenters. The van der Waals surface area contributed by atoms with E-state index in [0.29, 0.717) is 25.3 Å². The molecule has 0 spiro atoms. The van der Waals surface area contributed by atoms with Crippen molar-refractivity contribution in [2.75, 3.05) is 32.8 Å². The Kier molecular flexibility index (Phi) is 7.90. The summed E-state index contributed by atoms with van der Waals surface area (Å²) in [6.07, 6.45) is 0. The first-order chi connectivity index (χ1) is 12.1. The summed E-state index contributed by atoms with van der Waals surface area (Å²) in [5, 5.41) is 3.21. The minimum atomic E-state index is -0.591. The van der Waals surface area contributed by atoms with Crippen molar-refractivity contribution in [1.29, 1.82) is 0 Å². The van der Waals surface area contributed by atoms with Gasteiger partial charge in [0.1, 0.15) is 17.5 Å². The standard InChI is InChI=1S/C19H21F3N2O.ClH/c20-16-3-1-2-14(10-16)19(24-6-8-25-9-7-24)13-23-12-15-4-5-17(21)11-18(15)22;/h1-5,10-11,19,23H,6-9,12-13H2;1H. The third kappa shape index (κ3) is 5.45. The molecule has 2 aromatic rings. The molecule has 1 saturated heterocycles. The minimum Gasteiger partial charge on any atom is -0.379 e. The van der Waals surface area contributed by atoms with Crippen LogP contribution in [-0.4, -0.2) is 37.7 Å². The van der Waals surface area contributed by atoms with Gasteiger partial charge in [0.2, 0.25) is 0 Å². The van der Waals surface area contributed by atoms with Crippen molar-refractivity contribution in [1.82, 2.24) is 10.2 Å². The van der Waals surface area contributed by atoms with Gasteiger partial charge in [-0.25, -0.2) is 13.2 Å². The van der Waals surface area contributed by atoms with Gasteiger partial charge in [-0.1, -0.05) is 18.2 Å². The molecule has 1 heterocycles. The largest absolute Gasteiger partial charge is 0.379 e. The molecule has 1 aliphatic heterocycles. The summed E-state index contributed by atoms with van der Waals surface area (Å²) >= 11 is 0. The molecule has 1 N–H and O–H groups in total. The molecule has 0 bridgehead atoms. The summed E-state index contributed by atoms with van der Waals surface area (Å²) in [4.78, 5) is 2.23. The highest BCUT2D eigenvalue weighted by molar-refractivity contribution is 5.85. The Labute approximate surface area is 157 Å². The van der Waals surface area contributed by atoms with E-state index in [9.17, 15) is 13.2 Å².